The number of rotatable bonds is 4. The third-order valence-corrected chi connectivity index (χ3v) is 5.22. The number of esters is 1. The van der Waals surface area contributed by atoms with Gasteiger partial charge in [0.05, 0.1) is 10.5 Å². The van der Waals surface area contributed by atoms with E-state index in [4.69, 9.17) is 5.26 Å². The predicted molar refractivity (Wildman–Crippen MR) is 74.9 cm³/mol. The largest absolute Gasteiger partial charge is 0.447 e. The van der Waals surface area contributed by atoms with Crippen LogP contribution in [0, 0.1) is 11.3 Å². The Morgan fingerprint density at radius 1 is 1.19 bits per heavy atom. The van der Waals surface area contributed by atoms with Gasteiger partial charge < -0.3 is 4.74 Å². The first-order chi connectivity index (χ1) is 10.1. The minimum atomic E-state index is -3.49. The monoisotopic (exact) mass is 308 g/mol. The van der Waals surface area contributed by atoms with Crippen molar-refractivity contribution in [2.75, 3.05) is 19.7 Å². The fourth-order valence-corrected chi connectivity index (χ4v) is 3.72. The van der Waals surface area contributed by atoms with Gasteiger partial charge in [0.15, 0.2) is 6.61 Å². The van der Waals surface area contributed by atoms with Gasteiger partial charge in [-0.15, -0.1) is 0 Å². The highest BCUT2D eigenvalue weighted by Gasteiger charge is 2.25. The van der Waals surface area contributed by atoms with E-state index in [0.29, 0.717) is 13.1 Å². The molecule has 112 valence electrons. The smallest absolute Gasteiger partial charge is 0.339 e. The van der Waals surface area contributed by atoms with Crippen LogP contribution in [-0.2, 0) is 14.8 Å². The number of hydrogen-bond donors (Lipinski definition) is 0. The van der Waals surface area contributed by atoms with Crippen molar-refractivity contribution in [1.29, 1.82) is 5.26 Å². The van der Waals surface area contributed by atoms with Crippen molar-refractivity contribution in [3.63, 3.8) is 0 Å². The molecule has 0 unspecified atom stereocenters. The number of nitriles is 1. The molecule has 1 aromatic rings. The molecule has 6 nitrogen and oxygen atoms in total. The van der Waals surface area contributed by atoms with Gasteiger partial charge >= 0.3 is 5.97 Å². The first-order valence-corrected chi connectivity index (χ1v) is 8.14. The Labute approximate surface area is 124 Å². The van der Waals surface area contributed by atoms with E-state index in [9.17, 15) is 13.2 Å². The second kappa shape index (κ2) is 6.70. The van der Waals surface area contributed by atoms with Crippen LogP contribution >= 0.6 is 0 Å². The molecule has 1 aliphatic heterocycles. The molecule has 7 heteroatoms. The zero-order chi connectivity index (χ0) is 15.3. The molecule has 0 spiro atoms. The molecule has 1 saturated heterocycles. The van der Waals surface area contributed by atoms with E-state index in [2.05, 4.69) is 4.74 Å². The van der Waals surface area contributed by atoms with Crippen molar-refractivity contribution in [2.45, 2.75) is 24.2 Å². The van der Waals surface area contributed by atoms with E-state index < -0.39 is 16.0 Å². The molecule has 1 fully saturated rings. The summed E-state index contributed by atoms with van der Waals surface area (Å²) in [6, 6.07) is 7.29. The first-order valence-electron chi connectivity index (χ1n) is 6.70. The van der Waals surface area contributed by atoms with Crippen molar-refractivity contribution in [3.8, 4) is 6.07 Å². The third-order valence-electron chi connectivity index (χ3n) is 3.31. The molecule has 0 amide bonds. The number of benzene rings is 1. The summed E-state index contributed by atoms with van der Waals surface area (Å²) in [6.07, 6.45) is 2.80. The highest BCUT2D eigenvalue weighted by atomic mass is 32.2. The molecular weight excluding hydrogens is 292 g/mol. The van der Waals surface area contributed by atoms with Crippen LogP contribution in [0.4, 0.5) is 0 Å². The number of sulfonamides is 1. The topological polar surface area (TPSA) is 87.5 Å². The van der Waals surface area contributed by atoms with Gasteiger partial charge in [0.1, 0.15) is 6.07 Å². The van der Waals surface area contributed by atoms with Gasteiger partial charge in [0, 0.05) is 13.1 Å². The molecule has 21 heavy (non-hydrogen) atoms. The van der Waals surface area contributed by atoms with Crippen LogP contribution in [0.25, 0.3) is 0 Å². The molecule has 0 radical (unpaired) electrons. The van der Waals surface area contributed by atoms with Crippen LogP contribution in [0.2, 0.25) is 0 Å². The summed E-state index contributed by atoms with van der Waals surface area (Å²) in [6.45, 7) is 0.745. The van der Waals surface area contributed by atoms with Crippen LogP contribution in [0.3, 0.4) is 0 Å². The van der Waals surface area contributed by atoms with Crippen LogP contribution in [0.15, 0.2) is 29.2 Å². The minimum Gasteiger partial charge on any atom is -0.447 e. The Kier molecular flexibility index (Phi) is 4.94. The summed E-state index contributed by atoms with van der Waals surface area (Å²) in [5, 5.41) is 8.35. The van der Waals surface area contributed by atoms with Gasteiger partial charge in [0.25, 0.3) is 0 Å². The molecule has 0 aromatic heterocycles. The predicted octanol–water partition coefficient (Wildman–Crippen LogP) is 1.54. The van der Waals surface area contributed by atoms with Crippen molar-refractivity contribution >= 4 is 16.0 Å². The Balaban J connectivity index is 2.14. The lowest BCUT2D eigenvalue weighted by atomic mass is 10.2. The normalized spacial score (nSPS) is 16.1. The van der Waals surface area contributed by atoms with E-state index in [1.807, 2.05) is 0 Å². The second-order valence-corrected chi connectivity index (χ2v) is 6.66. The van der Waals surface area contributed by atoms with E-state index in [1.54, 1.807) is 6.07 Å². The Morgan fingerprint density at radius 2 is 1.81 bits per heavy atom. The quantitative estimate of drug-likeness (QED) is 0.787. The molecular formula is C14H16N2O4S. The Bertz CT molecular complexity index is 641. The van der Waals surface area contributed by atoms with Gasteiger partial charge in [-0.25, -0.2) is 13.2 Å². The van der Waals surface area contributed by atoms with Gasteiger partial charge in [-0.2, -0.15) is 9.57 Å². The van der Waals surface area contributed by atoms with Gasteiger partial charge in [0.2, 0.25) is 10.0 Å². The van der Waals surface area contributed by atoms with E-state index in [1.165, 1.54) is 28.6 Å². The van der Waals surface area contributed by atoms with Crippen molar-refractivity contribution in [3.05, 3.63) is 29.8 Å². The summed E-state index contributed by atoms with van der Waals surface area (Å²) in [4.78, 5) is 11.7. The summed E-state index contributed by atoms with van der Waals surface area (Å²) in [5.74, 6) is -0.640. The third kappa shape index (κ3) is 3.60. The maximum Gasteiger partial charge on any atom is 0.339 e. The summed E-state index contributed by atoms with van der Waals surface area (Å²) in [7, 11) is -3.49. The Morgan fingerprint density at radius 3 is 2.38 bits per heavy atom. The molecule has 0 N–H and O–H groups in total. The molecule has 0 aliphatic carbocycles. The van der Waals surface area contributed by atoms with E-state index in [0.717, 1.165) is 19.3 Å². The molecule has 1 aliphatic rings. The number of hydrogen-bond acceptors (Lipinski definition) is 5. The van der Waals surface area contributed by atoms with Crippen LogP contribution in [-0.4, -0.2) is 38.4 Å². The van der Waals surface area contributed by atoms with Gasteiger partial charge in [-0.3, -0.25) is 0 Å². The van der Waals surface area contributed by atoms with Crippen LogP contribution in [0.5, 0.6) is 0 Å². The number of piperidine rings is 1. The molecule has 1 heterocycles. The number of carbonyl (C=O) groups excluding carboxylic acids is 1. The average Bonchev–Trinajstić information content (AvgIpc) is 2.53. The maximum atomic E-state index is 12.4. The highest BCUT2D eigenvalue weighted by molar-refractivity contribution is 7.89. The van der Waals surface area contributed by atoms with Crippen LogP contribution < -0.4 is 0 Å². The highest BCUT2D eigenvalue weighted by Crippen LogP contribution is 2.21. The molecule has 0 atom stereocenters. The first kappa shape index (κ1) is 15.5. The summed E-state index contributed by atoms with van der Waals surface area (Å²) < 4.78 is 30.9. The fourth-order valence-electron chi connectivity index (χ4n) is 2.20. The zero-order valence-corrected chi connectivity index (χ0v) is 12.3. The number of carbonyl (C=O) groups is 1. The standard InChI is InChI=1S/C14H16N2O4S/c15-8-11-20-14(17)12-4-6-13(7-5-12)21(18,19)16-9-2-1-3-10-16/h4-7H,1-3,9-11H2. The van der Waals surface area contributed by atoms with Gasteiger partial charge in [-0.05, 0) is 37.1 Å². The molecule has 0 saturated carbocycles. The second-order valence-electron chi connectivity index (χ2n) is 4.72. The average molecular weight is 308 g/mol. The van der Waals surface area contributed by atoms with Crippen molar-refractivity contribution < 1.29 is 17.9 Å². The van der Waals surface area contributed by atoms with E-state index >= 15 is 0 Å². The lowest BCUT2D eigenvalue weighted by molar-refractivity contribution is 0.0555. The summed E-state index contributed by atoms with van der Waals surface area (Å²) in [5.41, 5.74) is 0.225. The minimum absolute atomic E-state index is 0.168. The number of ether oxygens (including phenoxy) is 1. The van der Waals surface area contributed by atoms with Crippen molar-refractivity contribution in [2.24, 2.45) is 0 Å². The fraction of sp³-hybridized carbons (Fsp3) is 0.429. The van der Waals surface area contributed by atoms with E-state index in [-0.39, 0.29) is 17.1 Å². The molecule has 2 rings (SSSR count). The Hall–Kier alpha value is -1.91. The molecule has 0 bridgehead atoms. The number of nitrogens with zero attached hydrogens (tertiary/aromatic N) is 2. The maximum absolute atomic E-state index is 12.4. The SMILES string of the molecule is N#CCOC(=O)c1ccc(S(=O)(=O)N2CCCCC2)cc1. The van der Waals surface area contributed by atoms with Gasteiger partial charge in [-0.1, -0.05) is 6.42 Å². The lowest BCUT2D eigenvalue weighted by Crippen LogP contribution is -2.35. The van der Waals surface area contributed by atoms with Crippen molar-refractivity contribution in [1.82, 2.24) is 4.31 Å². The van der Waals surface area contributed by atoms with Crippen LogP contribution in [0.1, 0.15) is 29.6 Å². The lowest BCUT2D eigenvalue weighted by Gasteiger charge is -2.25. The molecule has 1 aromatic carbocycles. The zero-order valence-electron chi connectivity index (χ0n) is 11.5. The summed E-state index contributed by atoms with van der Waals surface area (Å²) >= 11 is 0.